The number of amides is 1. The number of hydrogen-bond donors (Lipinski definition) is 3. The molecule has 0 aliphatic rings. The van der Waals surface area contributed by atoms with Gasteiger partial charge in [0.15, 0.2) is 0 Å². The van der Waals surface area contributed by atoms with E-state index in [-0.39, 0.29) is 32.1 Å². The topological polar surface area (TPSA) is 131 Å². The van der Waals surface area contributed by atoms with Crippen LogP contribution in [0.3, 0.4) is 0 Å². The quantitative estimate of drug-likeness (QED) is 0.0239. The number of rotatable bonds is 45. The summed E-state index contributed by atoms with van der Waals surface area (Å²) in [6.45, 7) is 3.54. The van der Waals surface area contributed by atoms with Gasteiger partial charge in [0.25, 0.3) is 0 Å². The molecule has 3 N–H and O–H groups in total. The number of allylic oxidation sites excluding steroid dienone is 6. The third-order valence-electron chi connectivity index (χ3n) is 10.3. The largest absolute Gasteiger partial charge is 0.472 e. The Kier molecular flexibility index (Phi) is 43.4. The summed E-state index contributed by atoms with van der Waals surface area (Å²) in [6, 6.07) is 0. The lowest BCUT2D eigenvalue weighted by Crippen LogP contribution is -2.27. The van der Waals surface area contributed by atoms with Crippen LogP contribution >= 0.6 is 7.82 Å². The van der Waals surface area contributed by atoms with Gasteiger partial charge in [-0.15, -0.1) is 0 Å². The smallest absolute Gasteiger partial charge is 0.463 e. The molecule has 0 bridgehead atoms. The highest BCUT2D eigenvalue weighted by atomic mass is 31.2. The van der Waals surface area contributed by atoms with Gasteiger partial charge in [0.2, 0.25) is 5.91 Å². The average Bonchev–Trinajstić information content (AvgIpc) is 3.21. The molecule has 0 aromatic heterocycles. The van der Waals surface area contributed by atoms with E-state index in [2.05, 4.69) is 55.6 Å². The first-order valence-corrected chi connectivity index (χ1v) is 25.5. The summed E-state index contributed by atoms with van der Waals surface area (Å²) in [6.07, 6.45) is 50.7. The number of carbonyl (C=O) groups is 2. The van der Waals surface area contributed by atoms with Crippen molar-refractivity contribution in [3.63, 3.8) is 0 Å². The standard InChI is InChI=1S/C48H90NO8P/c1-3-5-7-9-11-13-15-17-19-21-22-23-24-25-26-28-30-32-34-36-38-40-47(51)49-42-43-56-58(53,54)57-45-46(50)44-55-48(52)41-39-37-35-33-31-29-27-20-18-16-14-12-10-8-6-4-2/h11,13,17,19-20,27,46,50H,3-10,12,14-16,18,21-26,28-45H2,1-2H3,(H,49,51)(H,53,54)/b13-11-,19-17-,27-20-. The summed E-state index contributed by atoms with van der Waals surface area (Å²) in [5, 5.41) is 12.7. The molecule has 0 fully saturated rings. The van der Waals surface area contributed by atoms with Gasteiger partial charge in [-0.1, -0.05) is 179 Å². The molecule has 0 radical (unpaired) electrons. The number of aliphatic hydroxyl groups is 1. The van der Waals surface area contributed by atoms with Crippen molar-refractivity contribution < 1.29 is 37.9 Å². The fourth-order valence-corrected chi connectivity index (χ4v) is 7.40. The third-order valence-corrected chi connectivity index (χ3v) is 11.3. The van der Waals surface area contributed by atoms with Crippen molar-refractivity contribution in [1.29, 1.82) is 0 Å². The first-order chi connectivity index (χ1) is 28.3. The van der Waals surface area contributed by atoms with E-state index in [0.29, 0.717) is 6.42 Å². The monoisotopic (exact) mass is 840 g/mol. The van der Waals surface area contributed by atoms with Gasteiger partial charge in [-0.05, 0) is 70.6 Å². The summed E-state index contributed by atoms with van der Waals surface area (Å²) >= 11 is 0. The maximum absolute atomic E-state index is 12.1. The number of aliphatic hydroxyl groups excluding tert-OH is 1. The first kappa shape index (κ1) is 56.2. The van der Waals surface area contributed by atoms with Crippen LogP contribution < -0.4 is 5.32 Å². The maximum Gasteiger partial charge on any atom is 0.472 e. The van der Waals surface area contributed by atoms with Crippen LogP contribution in [0.4, 0.5) is 0 Å². The number of hydrogen-bond acceptors (Lipinski definition) is 7. The summed E-state index contributed by atoms with van der Waals surface area (Å²) in [7, 11) is -4.42. The van der Waals surface area contributed by atoms with Gasteiger partial charge in [0, 0.05) is 19.4 Å². The number of unbranched alkanes of at least 4 members (excludes halogenated alkanes) is 26. The highest BCUT2D eigenvalue weighted by molar-refractivity contribution is 7.47. The molecule has 340 valence electrons. The minimum atomic E-state index is -4.42. The number of esters is 1. The molecule has 0 aromatic rings. The van der Waals surface area contributed by atoms with Crippen LogP contribution in [0.1, 0.15) is 226 Å². The zero-order chi connectivity index (χ0) is 42.5. The van der Waals surface area contributed by atoms with Crippen molar-refractivity contribution in [2.75, 3.05) is 26.4 Å². The van der Waals surface area contributed by atoms with E-state index in [9.17, 15) is 24.2 Å². The van der Waals surface area contributed by atoms with E-state index in [0.717, 1.165) is 64.2 Å². The van der Waals surface area contributed by atoms with Crippen LogP contribution in [0.5, 0.6) is 0 Å². The molecule has 1 amide bonds. The molecular weight excluding hydrogens is 750 g/mol. The molecule has 0 spiro atoms. The molecule has 0 aliphatic carbocycles. The lowest BCUT2D eigenvalue weighted by atomic mass is 10.0. The Hall–Kier alpha value is -1.77. The van der Waals surface area contributed by atoms with Gasteiger partial charge < -0.3 is 20.1 Å². The molecule has 58 heavy (non-hydrogen) atoms. The Morgan fingerprint density at radius 1 is 0.534 bits per heavy atom. The van der Waals surface area contributed by atoms with Crippen molar-refractivity contribution in [2.24, 2.45) is 0 Å². The molecule has 0 aromatic carbocycles. The Labute approximate surface area is 356 Å². The predicted octanol–water partition coefficient (Wildman–Crippen LogP) is 13.7. The number of phosphoric acid groups is 1. The molecule has 0 aliphatic heterocycles. The van der Waals surface area contributed by atoms with Gasteiger partial charge in [-0.3, -0.25) is 18.6 Å². The van der Waals surface area contributed by atoms with E-state index in [4.69, 9.17) is 13.8 Å². The van der Waals surface area contributed by atoms with Crippen molar-refractivity contribution >= 4 is 19.7 Å². The van der Waals surface area contributed by atoms with Crippen LogP contribution in [0.2, 0.25) is 0 Å². The fourth-order valence-electron chi connectivity index (χ4n) is 6.64. The molecule has 2 unspecified atom stereocenters. The van der Waals surface area contributed by atoms with Crippen molar-refractivity contribution in [2.45, 2.75) is 232 Å². The zero-order valence-electron chi connectivity index (χ0n) is 37.5. The van der Waals surface area contributed by atoms with E-state index in [1.54, 1.807) is 0 Å². The van der Waals surface area contributed by atoms with Crippen LogP contribution in [0.15, 0.2) is 36.5 Å². The van der Waals surface area contributed by atoms with Crippen LogP contribution in [0, 0.1) is 0 Å². The van der Waals surface area contributed by atoms with E-state index in [1.807, 2.05) is 0 Å². The number of ether oxygens (including phenoxy) is 1. The molecule has 2 atom stereocenters. The molecule has 0 saturated heterocycles. The SMILES string of the molecule is CCCCC/C=C\C/C=C\CCCCCCCCCCCCCC(=O)NCCOP(=O)(O)OCC(O)COC(=O)CCCCCCC/C=C\CCCCCCCCC. The predicted molar refractivity (Wildman–Crippen MR) is 243 cm³/mol. The molecule has 0 saturated carbocycles. The van der Waals surface area contributed by atoms with Gasteiger partial charge in [-0.25, -0.2) is 4.57 Å². The van der Waals surface area contributed by atoms with E-state index in [1.165, 1.54) is 135 Å². The summed E-state index contributed by atoms with van der Waals surface area (Å²) in [5.41, 5.74) is 0. The van der Waals surface area contributed by atoms with Gasteiger partial charge in [0.05, 0.1) is 13.2 Å². The number of nitrogens with one attached hydrogen (secondary N) is 1. The second-order valence-electron chi connectivity index (χ2n) is 16.1. The summed E-state index contributed by atoms with van der Waals surface area (Å²) < 4.78 is 26.9. The van der Waals surface area contributed by atoms with Gasteiger partial charge in [-0.2, -0.15) is 0 Å². The Morgan fingerprint density at radius 3 is 1.43 bits per heavy atom. The Morgan fingerprint density at radius 2 is 0.931 bits per heavy atom. The minimum Gasteiger partial charge on any atom is -0.463 e. The Bertz CT molecular complexity index is 1050. The zero-order valence-corrected chi connectivity index (χ0v) is 38.4. The second kappa shape index (κ2) is 44.8. The van der Waals surface area contributed by atoms with Crippen LogP contribution in [-0.2, 0) is 27.9 Å². The highest BCUT2D eigenvalue weighted by Crippen LogP contribution is 2.42. The van der Waals surface area contributed by atoms with Gasteiger partial charge >= 0.3 is 13.8 Å². The minimum absolute atomic E-state index is 0.0802. The normalized spacial score (nSPS) is 13.5. The summed E-state index contributed by atoms with van der Waals surface area (Å²) in [4.78, 5) is 34.0. The first-order valence-electron chi connectivity index (χ1n) is 24.0. The Balaban J connectivity index is 3.57. The van der Waals surface area contributed by atoms with Crippen molar-refractivity contribution in [1.82, 2.24) is 5.32 Å². The number of phosphoric ester groups is 1. The lowest BCUT2D eigenvalue weighted by molar-refractivity contribution is -0.147. The fraction of sp³-hybridized carbons (Fsp3) is 0.833. The third kappa shape index (κ3) is 45.3. The van der Waals surface area contributed by atoms with Crippen LogP contribution in [-0.4, -0.2) is 54.3 Å². The summed E-state index contributed by atoms with van der Waals surface area (Å²) in [5.74, 6) is -0.522. The van der Waals surface area contributed by atoms with E-state index >= 15 is 0 Å². The lowest BCUT2D eigenvalue weighted by Gasteiger charge is -2.15. The van der Waals surface area contributed by atoms with Crippen molar-refractivity contribution in [3.8, 4) is 0 Å². The molecule has 10 heteroatoms. The maximum atomic E-state index is 12.1. The molecular formula is C48H90NO8P. The molecule has 9 nitrogen and oxygen atoms in total. The second-order valence-corrected chi connectivity index (χ2v) is 17.5. The van der Waals surface area contributed by atoms with E-state index < -0.39 is 26.5 Å². The highest BCUT2D eigenvalue weighted by Gasteiger charge is 2.23. The van der Waals surface area contributed by atoms with Gasteiger partial charge in [0.1, 0.15) is 12.7 Å². The average molecular weight is 840 g/mol. The van der Waals surface area contributed by atoms with Crippen LogP contribution in [0.25, 0.3) is 0 Å². The molecule has 0 rings (SSSR count). The molecule has 0 heterocycles. The number of carbonyl (C=O) groups excluding carboxylic acids is 2. The van der Waals surface area contributed by atoms with Crippen molar-refractivity contribution in [3.05, 3.63) is 36.5 Å².